The summed E-state index contributed by atoms with van der Waals surface area (Å²) in [6, 6.07) is 12.6. The predicted octanol–water partition coefficient (Wildman–Crippen LogP) is 3.21. The summed E-state index contributed by atoms with van der Waals surface area (Å²) in [4.78, 5) is 15.3. The van der Waals surface area contributed by atoms with Crippen LogP contribution in [0.15, 0.2) is 54.2 Å². The van der Waals surface area contributed by atoms with Crippen molar-refractivity contribution < 1.29 is 0 Å². The Morgan fingerprint density at radius 3 is 2.62 bits per heavy atom. The van der Waals surface area contributed by atoms with E-state index in [-0.39, 0.29) is 0 Å². The van der Waals surface area contributed by atoms with Crippen molar-refractivity contribution >= 4 is 17.0 Å². The maximum atomic E-state index is 4.60. The van der Waals surface area contributed by atoms with E-state index in [1.54, 1.807) is 23.7 Å². The zero-order valence-electron chi connectivity index (χ0n) is 13.9. The van der Waals surface area contributed by atoms with E-state index in [0.717, 1.165) is 23.8 Å². The van der Waals surface area contributed by atoms with E-state index in [9.17, 15) is 0 Å². The van der Waals surface area contributed by atoms with E-state index in [2.05, 4.69) is 68.8 Å². The van der Waals surface area contributed by atoms with E-state index in [4.69, 9.17) is 0 Å². The fourth-order valence-electron chi connectivity index (χ4n) is 2.36. The number of benzene rings is 1. The number of rotatable bonds is 7. The predicted molar refractivity (Wildman–Crippen MR) is 99.2 cm³/mol. The molecule has 0 aliphatic heterocycles. The van der Waals surface area contributed by atoms with Gasteiger partial charge >= 0.3 is 0 Å². The zero-order valence-corrected chi connectivity index (χ0v) is 14.7. The molecule has 0 saturated carbocycles. The Balaban J connectivity index is 1.51. The summed E-state index contributed by atoms with van der Waals surface area (Å²) in [6.45, 7) is 3.85. The standard InChI is InChI=1S/C18H21N5S/c1-14(23(2)16-7-4-3-5-8-16)11-19-12-15-13-24-18(22-15)17-20-9-6-10-21-17/h3-10,13-14,19H,11-12H2,1-2H3/t14-/m1/s1. The molecule has 0 unspecified atom stereocenters. The molecule has 1 N–H and O–H groups in total. The lowest BCUT2D eigenvalue weighted by Crippen LogP contribution is -2.37. The van der Waals surface area contributed by atoms with E-state index >= 15 is 0 Å². The summed E-state index contributed by atoms with van der Waals surface area (Å²) < 4.78 is 0. The highest BCUT2D eigenvalue weighted by Crippen LogP contribution is 2.19. The molecule has 0 aliphatic rings. The van der Waals surface area contributed by atoms with Crippen LogP contribution >= 0.6 is 11.3 Å². The molecule has 3 rings (SSSR count). The van der Waals surface area contributed by atoms with Crippen molar-refractivity contribution in [2.75, 3.05) is 18.5 Å². The molecule has 2 aromatic heterocycles. The van der Waals surface area contributed by atoms with Crippen LogP contribution in [0.25, 0.3) is 10.8 Å². The monoisotopic (exact) mass is 339 g/mol. The summed E-state index contributed by atoms with van der Waals surface area (Å²) in [5.74, 6) is 0.686. The normalized spacial score (nSPS) is 12.1. The molecule has 0 bridgehead atoms. The number of hydrogen-bond donors (Lipinski definition) is 1. The molecule has 0 fully saturated rings. The van der Waals surface area contributed by atoms with Crippen LogP contribution in [0, 0.1) is 0 Å². The summed E-state index contributed by atoms with van der Waals surface area (Å²) in [7, 11) is 2.12. The molecule has 124 valence electrons. The molecule has 0 radical (unpaired) electrons. The largest absolute Gasteiger partial charge is 0.371 e. The molecule has 5 nitrogen and oxygen atoms in total. The highest BCUT2D eigenvalue weighted by atomic mass is 32.1. The highest BCUT2D eigenvalue weighted by Gasteiger charge is 2.10. The Bertz CT molecular complexity index is 744. The smallest absolute Gasteiger partial charge is 0.188 e. The van der Waals surface area contributed by atoms with Crippen LogP contribution in [0.1, 0.15) is 12.6 Å². The van der Waals surface area contributed by atoms with Gasteiger partial charge in [0.05, 0.1) is 5.69 Å². The van der Waals surface area contributed by atoms with Crippen molar-refractivity contribution in [3.05, 3.63) is 59.9 Å². The molecule has 1 aromatic carbocycles. The van der Waals surface area contributed by atoms with Crippen molar-refractivity contribution in [1.29, 1.82) is 0 Å². The average molecular weight is 339 g/mol. The van der Waals surface area contributed by atoms with Crippen molar-refractivity contribution in [3.8, 4) is 10.8 Å². The van der Waals surface area contributed by atoms with Crippen LogP contribution in [0.5, 0.6) is 0 Å². The second-order valence-electron chi connectivity index (χ2n) is 5.64. The van der Waals surface area contributed by atoms with E-state index in [0.29, 0.717) is 11.9 Å². The summed E-state index contributed by atoms with van der Waals surface area (Å²) in [6.07, 6.45) is 3.48. The van der Waals surface area contributed by atoms with Gasteiger partial charge in [-0.25, -0.2) is 15.0 Å². The molecule has 0 amide bonds. The Morgan fingerprint density at radius 2 is 1.88 bits per heavy atom. The van der Waals surface area contributed by atoms with Gasteiger partial charge in [0.15, 0.2) is 10.8 Å². The average Bonchev–Trinajstić information content (AvgIpc) is 3.11. The molecule has 0 spiro atoms. The van der Waals surface area contributed by atoms with Crippen molar-refractivity contribution in [3.63, 3.8) is 0 Å². The van der Waals surface area contributed by atoms with Crippen LogP contribution in [-0.4, -0.2) is 34.6 Å². The number of anilines is 1. The summed E-state index contributed by atoms with van der Waals surface area (Å²) >= 11 is 1.58. The van der Waals surface area contributed by atoms with Crippen LogP contribution in [0.2, 0.25) is 0 Å². The zero-order chi connectivity index (χ0) is 16.8. The molecular weight excluding hydrogens is 318 g/mol. The molecular formula is C18H21N5S. The van der Waals surface area contributed by atoms with Gasteiger partial charge in [-0.05, 0) is 25.1 Å². The van der Waals surface area contributed by atoms with Gasteiger partial charge < -0.3 is 10.2 Å². The first-order valence-electron chi connectivity index (χ1n) is 7.94. The summed E-state index contributed by atoms with van der Waals surface area (Å²) in [5, 5.41) is 6.40. The molecule has 2 heterocycles. The Hall–Kier alpha value is -2.31. The number of nitrogens with one attached hydrogen (secondary N) is 1. The van der Waals surface area contributed by atoms with Gasteiger partial charge in [-0.1, -0.05) is 18.2 Å². The van der Waals surface area contributed by atoms with Gasteiger partial charge in [0, 0.05) is 49.6 Å². The SMILES string of the molecule is C[C@H](CNCc1csc(-c2ncccn2)n1)N(C)c1ccccc1. The van der Waals surface area contributed by atoms with Crippen LogP contribution in [0.4, 0.5) is 5.69 Å². The van der Waals surface area contributed by atoms with Gasteiger partial charge in [-0.2, -0.15) is 0 Å². The van der Waals surface area contributed by atoms with Gasteiger partial charge in [0.1, 0.15) is 0 Å². The minimum atomic E-state index is 0.392. The first-order valence-corrected chi connectivity index (χ1v) is 8.82. The van der Waals surface area contributed by atoms with Gasteiger partial charge in [0.25, 0.3) is 0 Å². The topological polar surface area (TPSA) is 53.9 Å². The number of para-hydroxylation sites is 1. The van der Waals surface area contributed by atoms with Crippen LogP contribution < -0.4 is 10.2 Å². The minimum Gasteiger partial charge on any atom is -0.371 e. The number of thiazole rings is 1. The fraction of sp³-hybridized carbons (Fsp3) is 0.278. The molecule has 6 heteroatoms. The maximum Gasteiger partial charge on any atom is 0.188 e. The van der Waals surface area contributed by atoms with E-state index in [1.165, 1.54) is 5.69 Å². The maximum absolute atomic E-state index is 4.60. The Morgan fingerprint density at radius 1 is 1.12 bits per heavy atom. The molecule has 0 aliphatic carbocycles. The van der Waals surface area contributed by atoms with Gasteiger partial charge in [-0.3, -0.25) is 0 Å². The van der Waals surface area contributed by atoms with E-state index < -0.39 is 0 Å². The van der Waals surface area contributed by atoms with Gasteiger partial charge in [-0.15, -0.1) is 11.3 Å². The van der Waals surface area contributed by atoms with E-state index in [1.807, 2.05) is 12.1 Å². The molecule has 1 atom stereocenters. The number of likely N-dealkylation sites (N-methyl/N-ethyl adjacent to an activating group) is 1. The molecule has 24 heavy (non-hydrogen) atoms. The van der Waals surface area contributed by atoms with Gasteiger partial charge in [0.2, 0.25) is 0 Å². The third-order valence-corrected chi connectivity index (χ3v) is 4.77. The Kier molecular flexibility index (Phi) is 5.51. The summed E-state index contributed by atoms with van der Waals surface area (Å²) in [5.41, 5.74) is 2.25. The third-order valence-electron chi connectivity index (χ3n) is 3.88. The number of nitrogens with zero attached hydrogens (tertiary/aromatic N) is 4. The lowest BCUT2D eigenvalue weighted by Gasteiger charge is -2.27. The van der Waals surface area contributed by atoms with Crippen molar-refractivity contribution in [1.82, 2.24) is 20.3 Å². The fourth-order valence-corrected chi connectivity index (χ4v) is 3.13. The number of aromatic nitrogens is 3. The molecule has 0 saturated heterocycles. The Labute approximate surface area is 146 Å². The third kappa shape index (κ3) is 4.15. The highest BCUT2D eigenvalue weighted by molar-refractivity contribution is 7.13. The minimum absolute atomic E-state index is 0.392. The van der Waals surface area contributed by atoms with Crippen LogP contribution in [-0.2, 0) is 6.54 Å². The van der Waals surface area contributed by atoms with Crippen LogP contribution in [0.3, 0.4) is 0 Å². The van der Waals surface area contributed by atoms with Crippen molar-refractivity contribution in [2.45, 2.75) is 19.5 Å². The van der Waals surface area contributed by atoms with Crippen molar-refractivity contribution in [2.24, 2.45) is 0 Å². The molecule has 3 aromatic rings. The first kappa shape index (κ1) is 16.5. The number of hydrogen-bond acceptors (Lipinski definition) is 6. The second kappa shape index (κ2) is 7.99. The second-order valence-corrected chi connectivity index (χ2v) is 6.50. The lowest BCUT2D eigenvalue weighted by molar-refractivity contribution is 0.581. The lowest BCUT2D eigenvalue weighted by atomic mass is 10.2. The quantitative estimate of drug-likeness (QED) is 0.716. The first-order chi connectivity index (χ1) is 11.7.